The summed E-state index contributed by atoms with van der Waals surface area (Å²) < 4.78 is 10.5. The molecule has 0 radical (unpaired) electrons. The summed E-state index contributed by atoms with van der Waals surface area (Å²) >= 11 is 0. The molecule has 4 aromatic rings. The van der Waals surface area contributed by atoms with E-state index in [1.165, 1.54) is 0 Å². The number of methoxy groups -OCH3 is 2. The van der Waals surface area contributed by atoms with E-state index in [0.29, 0.717) is 18.3 Å². The Hall–Kier alpha value is -4.13. The van der Waals surface area contributed by atoms with Crippen LogP contribution in [0.5, 0.6) is 11.5 Å². The molecule has 0 saturated heterocycles. The number of ether oxygens (including phenoxy) is 2. The van der Waals surface area contributed by atoms with Crippen LogP contribution in [-0.4, -0.2) is 29.2 Å². The highest BCUT2D eigenvalue weighted by Gasteiger charge is 2.08. The first-order chi connectivity index (χ1) is 15.2. The zero-order chi connectivity index (χ0) is 21.5. The van der Waals surface area contributed by atoms with Gasteiger partial charge in [-0.2, -0.15) is 4.98 Å². The van der Waals surface area contributed by atoms with Gasteiger partial charge in [-0.3, -0.25) is 4.98 Å². The Kier molecular flexibility index (Phi) is 6.23. The molecule has 0 aliphatic rings. The highest BCUT2D eigenvalue weighted by molar-refractivity contribution is 5.67. The summed E-state index contributed by atoms with van der Waals surface area (Å²) in [6, 6.07) is 21.3. The number of pyridine rings is 1. The lowest BCUT2D eigenvalue weighted by atomic mass is 10.1. The third-order valence-corrected chi connectivity index (χ3v) is 4.65. The number of rotatable bonds is 8. The molecule has 0 saturated carbocycles. The molecule has 4 rings (SSSR count). The van der Waals surface area contributed by atoms with E-state index in [0.717, 1.165) is 34.0 Å². The van der Waals surface area contributed by atoms with Gasteiger partial charge in [-0.1, -0.05) is 6.07 Å². The highest BCUT2D eigenvalue weighted by atomic mass is 16.5. The summed E-state index contributed by atoms with van der Waals surface area (Å²) in [6.07, 6.45) is 3.59. The number of hydrogen-bond acceptors (Lipinski definition) is 7. The average Bonchev–Trinajstić information content (AvgIpc) is 2.84. The average molecular weight is 413 g/mol. The number of anilines is 3. The molecule has 0 atom stereocenters. The van der Waals surface area contributed by atoms with Crippen LogP contribution >= 0.6 is 0 Å². The van der Waals surface area contributed by atoms with Crippen LogP contribution in [0.1, 0.15) is 5.56 Å². The van der Waals surface area contributed by atoms with Gasteiger partial charge in [0, 0.05) is 36.3 Å². The Morgan fingerprint density at radius 1 is 0.839 bits per heavy atom. The van der Waals surface area contributed by atoms with E-state index in [2.05, 4.69) is 20.6 Å². The third-order valence-electron chi connectivity index (χ3n) is 4.65. The van der Waals surface area contributed by atoms with Gasteiger partial charge in [0.1, 0.15) is 17.3 Å². The lowest BCUT2D eigenvalue weighted by Gasteiger charge is -2.12. The Bertz CT molecular complexity index is 1120. The minimum absolute atomic E-state index is 0.493. The van der Waals surface area contributed by atoms with Gasteiger partial charge in [0.25, 0.3) is 0 Å². The Morgan fingerprint density at radius 3 is 2.19 bits per heavy atom. The van der Waals surface area contributed by atoms with Gasteiger partial charge >= 0.3 is 0 Å². The number of nitrogens with one attached hydrogen (secondary N) is 2. The molecule has 0 aliphatic carbocycles. The minimum atomic E-state index is 0.493. The van der Waals surface area contributed by atoms with E-state index >= 15 is 0 Å². The first kappa shape index (κ1) is 20.2. The van der Waals surface area contributed by atoms with E-state index in [-0.39, 0.29) is 0 Å². The maximum absolute atomic E-state index is 5.26. The van der Waals surface area contributed by atoms with Crippen molar-refractivity contribution in [2.24, 2.45) is 0 Å². The number of hydrogen-bond donors (Lipinski definition) is 2. The van der Waals surface area contributed by atoms with Gasteiger partial charge in [0.15, 0.2) is 0 Å². The molecule has 156 valence electrons. The molecule has 7 nitrogen and oxygen atoms in total. The maximum Gasteiger partial charge on any atom is 0.229 e. The quantitative estimate of drug-likeness (QED) is 0.425. The van der Waals surface area contributed by atoms with Gasteiger partial charge in [-0.15, -0.1) is 0 Å². The van der Waals surface area contributed by atoms with Crippen molar-refractivity contribution in [2.45, 2.75) is 6.54 Å². The predicted octanol–water partition coefficient (Wildman–Crippen LogP) is 4.91. The Balaban J connectivity index is 1.63. The van der Waals surface area contributed by atoms with Crippen molar-refractivity contribution in [3.05, 3.63) is 84.7 Å². The van der Waals surface area contributed by atoms with E-state index < -0.39 is 0 Å². The first-order valence-electron chi connectivity index (χ1n) is 9.81. The lowest BCUT2D eigenvalue weighted by Crippen LogP contribution is -2.06. The second kappa shape index (κ2) is 9.58. The predicted molar refractivity (Wildman–Crippen MR) is 122 cm³/mol. The number of nitrogens with zero attached hydrogens (tertiary/aromatic N) is 3. The van der Waals surface area contributed by atoms with Gasteiger partial charge in [-0.05, 0) is 60.2 Å². The highest BCUT2D eigenvalue weighted by Crippen LogP contribution is 2.26. The van der Waals surface area contributed by atoms with E-state index in [1.54, 1.807) is 20.4 Å². The topological polar surface area (TPSA) is 81.2 Å². The summed E-state index contributed by atoms with van der Waals surface area (Å²) in [6.45, 7) is 0.606. The Labute approximate surface area is 181 Å². The molecule has 0 bridgehead atoms. The molecule has 2 N–H and O–H groups in total. The van der Waals surface area contributed by atoms with Gasteiger partial charge < -0.3 is 20.1 Å². The Morgan fingerprint density at radius 2 is 1.55 bits per heavy atom. The van der Waals surface area contributed by atoms with Gasteiger partial charge in [0.2, 0.25) is 5.95 Å². The molecule has 0 spiro atoms. The zero-order valence-corrected chi connectivity index (χ0v) is 17.4. The summed E-state index contributed by atoms with van der Waals surface area (Å²) in [5.74, 6) is 2.79. The van der Waals surface area contributed by atoms with Crippen molar-refractivity contribution in [3.63, 3.8) is 0 Å². The zero-order valence-electron chi connectivity index (χ0n) is 17.4. The molecule has 0 unspecified atom stereocenters. The molecule has 2 heterocycles. The third kappa shape index (κ3) is 5.27. The van der Waals surface area contributed by atoms with Crippen LogP contribution in [0.2, 0.25) is 0 Å². The number of aromatic nitrogens is 3. The molecular formula is C24H23N5O2. The fraction of sp³-hybridized carbons (Fsp3) is 0.125. The summed E-state index contributed by atoms with van der Waals surface area (Å²) in [5, 5.41) is 6.63. The van der Waals surface area contributed by atoms with Crippen molar-refractivity contribution < 1.29 is 9.47 Å². The van der Waals surface area contributed by atoms with Gasteiger partial charge in [0.05, 0.1) is 19.9 Å². The standard InChI is InChI=1S/C24H23N5O2/c1-30-20-9-5-18(6-10-20)22-14-23(26-16-17-4-3-13-25-15-17)29-24(28-22)27-19-7-11-21(31-2)12-8-19/h3-15H,16H2,1-2H3,(H2,26,27,28,29). The maximum atomic E-state index is 5.26. The summed E-state index contributed by atoms with van der Waals surface area (Å²) in [4.78, 5) is 13.5. The number of benzene rings is 2. The van der Waals surface area contributed by atoms with Crippen molar-refractivity contribution in [1.29, 1.82) is 0 Å². The van der Waals surface area contributed by atoms with Crippen molar-refractivity contribution in [2.75, 3.05) is 24.9 Å². The van der Waals surface area contributed by atoms with Crippen LogP contribution in [0.4, 0.5) is 17.5 Å². The molecule has 0 amide bonds. The fourth-order valence-corrected chi connectivity index (χ4v) is 3.00. The molecular weight excluding hydrogens is 390 g/mol. The molecule has 7 heteroatoms. The molecule has 31 heavy (non-hydrogen) atoms. The van der Waals surface area contributed by atoms with Crippen LogP contribution in [0.15, 0.2) is 79.1 Å². The van der Waals surface area contributed by atoms with Crippen LogP contribution in [0, 0.1) is 0 Å². The first-order valence-corrected chi connectivity index (χ1v) is 9.81. The molecule has 0 aliphatic heterocycles. The van der Waals surface area contributed by atoms with Crippen LogP contribution in [0.3, 0.4) is 0 Å². The largest absolute Gasteiger partial charge is 0.497 e. The minimum Gasteiger partial charge on any atom is -0.497 e. The molecule has 2 aromatic heterocycles. The van der Waals surface area contributed by atoms with Crippen molar-refractivity contribution >= 4 is 17.5 Å². The summed E-state index contributed by atoms with van der Waals surface area (Å²) in [7, 11) is 3.29. The van der Waals surface area contributed by atoms with Gasteiger partial charge in [-0.25, -0.2) is 4.98 Å². The second-order valence-electron chi connectivity index (χ2n) is 6.76. The van der Waals surface area contributed by atoms with Crippen molar-refractivity contribution in [3.8, 4) is 22.8 Å². The van der Waals surface area contributed by atoms with E-state index in [9.17, 15) is 0 Å². The summed E-state index contributed by atoms with van der Waals surface area (Å²) in [5.41, 5.74) is 3.69. The monoisotopic (exact) mass is 413 g/mol. The normalized spacial score (nSPS) is 10.4. The van der Waals surface area contributed by atoms with Crippen LogP contribution in [-0.2, 0) is 6.54 Å². The fourth-order valence-electron chi connectivity index (χ4n) is 3.00. The van der Waals surface area contributed by atoms with Crippen molar-refractivity contribution in [1.82, 2.24) is 15.0 Å². The SMILES string of the molecule is COc1ccc(Nc2nc(NCc3cccnc3)cc(-c3ccc(OC)cc3)n2)cc1. The smallest absolute Gasteiger partial charge is 0.229 e. The van der Waals surface area contributed by atoms with Crippen LogP contribution in [0.25, 0.3) is 11.3 Å². The lowest BCUT2D eigenvalue weighted by molar-refractivity contribution is 0.415. The van der Waals surface area contributed by atoms with Crippen LogP contribution < -0.4 is 20.1 Å². The second-order valence-corrected chi connectivity index (χ2v) is 6.76. The molecule has 0 fully saturated rings. The van der Waals surface area contributed by atoms with E-state index in [4.69, 9.17) is 14.5 Å². The van der Waals surface area contributed by atoms with E-state index in [1.807, 2.05) is 72.9 Å². The molecule has 2 aromatic carbocycles.